The SMILES string of the molecule is CC[C@@H]1CN(C(C)=O)CC[C@H]1NCc1cc(OC)c2c(c1)OCO2. The Kier molecular flexibility index (Phi) is 5.14. The maximum absolute atomic E-state index is 11.6. The third-order valence-corrected chi connectivity index (χ3v) is 4.99. The quantitative estimate of drug-likeness (QED) is 0.894. The predicted octanol–water partition coefficient (Wildman–Crippen LogP) is 2.16. The molecule has 6 heteroatoms. The number of benzene rings is 1. The smallest absolute Gasteiger partial charge is 0.231 e. The molecule has 0 aromatic heterocycles. The first-order valence-electron chi connectivity index (χ1n) is 8.57. The number of rotatable bonds is 5. The highest BCUT2D eigenvalue weighted by molar-refractivity contribution is 5.73. The number of methoxy groups -OCH3 is 1. The summed E-state index contributed by atoms with van der Waals surface area (Å²) in [5.74, 6) is 2.79. The molecule has 2 heterocycles. The van der Waals surface area contributed by atoms with E-state index in [9.17, 15) is 4.79 Å². The minimum absolute atomic E-state index is 0.174. The van der Waals surface area contributed by atoms with Gasteiger partial charge in [-0.3, -0.25) is 4.79 Å². The fourth-order valence-corrected chi connectivity index (χ4v) is 3.54. The minimum atomic E-state index is 0.174. The second-order valence-electron chi connectivity index (χ2n) is 6.44. The van der Waals surface area contributed by atoms with Gasteiger partial charge in [-0.2, -0.15) is 0 Å². The summed E-state index contributed by atoms with van der Waals surface area (Å²) < 4.78 is 16.3. The highest BCUT2D eigenvalue weighted by Crippen LogP contribution is 2.41. The van der Waals surface area contributed by atoms with Gasteiger partial charge >= 0.3 is 0 Å². The van der Waals surface area contributed by atoms with E-state index in [1.165, 1.54) is 0 Å². The van der Waals surface area contributed by atoms with Crippen molar-refractivity contribution in [3.8, 4) is 17.2 Å². The molecule has 0 unspecified atom stereocenters. The zero-order valence-electron chi connectivity index (χ0n) is 14.6. The average Bonchev–Trinajstić information content (AvgIpc) is 3.07. The molecule has 132 valence electrons. The molecule has 1 saturated heterocycles. The fraction of sp³-hybridized carbons (Fsp3) is 0.611. The number of carbonyl (C=O) groups excluding carboxylic acids is 1. The maximum Gasteiger partial charge on any atom is 0.231 e. The number of ether oxygens (including phenoxy) is 3. The van der Waals surface area contributed by atoms with Gasteiger partial charge in [0.25, 0.3) is 0 Å². The Labute approximate surface area is 143 Å². The molecule has 0 radical (unpaired) electrons. The second kappa shape index (κ2) is 7.30. The van der Waals surface area contributed by atoms with Crippen LogP contribution in [0.4, 0.5) is 0 Å². The van der Waals surface area contributed by atoms with Gasteiger partial charge in [0.1, 0.15) is 0 Å². The Bertz CT molecular complexity index is 605. The lowest BCUT2D eigenvalue weighted by Gasteiger charge is -2.38. The normalized spacial score (nSPS) is 22.5. The summed E-state index contributed by atoms with van der Waals surface area (Å²) in [6.07, 6.45) is 2.05. The van der Waals surface area contributed by atoms with Crippen molar-refractivity contribution in [1.82, 2.24) is 10.2 Å². The van der Waals surface area contributed by atoms with Crippen LogP contribution in [0.5, 0.6) is 17.2 Å². The van der Waals surface area contributed by atoms with Crippen LogP contribution in [-0.2, 0) is 11.3 Å². The van der Waals surface area contributed by atoms with Crippen LogP contribution in [-0.4, -0.2) is 43.8 Å². The van der Waals surface area contributed by atoms with Gasteiger partial charge in [-0.25, -0.2) is 0 Å². The van der Waals surface area contributed by atoms with E-state index >= 15 is 0 Å². The van der Waals surface area contributed by atoms with E-state index in [0.29, 0.717) is 23.5 Å². The molecule has 2 aliphatic rings. The Balaban J connectivity index is 1.64. The molecule has 0 aliphatic carbocycles. The molecule has 2 atom stereocenters. The molecule has 3 rings (SSSR count). The summed E-state index contributed by atoms with van der Waals surface area (Å²) >= 11 is 0. The van der Waals surface area contributed by atoms with Gasteiger partial charge in [-0.1, -0.05) is 13.3 Å². The Morgan fingerprint density at radius 2 is 2.25 bits per heavy atom. The highest BCUT2D eigenvalue weighted by Gasteiger charge is 2.29. The van der Waals surface area contributed by atoms with Gasteiger partial charge in [-0.05, 0) is 30.0 Å². The van der Waals surface area contributed by atoms with E-state index in [0.717, 1.165) is 43.8 Å². The molecule has 6 nitrogen and oxygen atoms in total. The van der Waals surface area contributed by atoms with Crippen LogP contribution in [0.15, 0.2) is 12.1 Å². The van der Waals surface area contributed by atoms with Crippen molar-refractivity contribution in [2.75, 3.05) is 27.0 Å². The van der Waals surface area contributed by atoms with E-state index in [4.69, 9.17) is 14.2 Å². The van der Waals surface area contributed by atoms with Gasteiger partial charge in [0.15, 0.2) is 11.5 Å². The highest BCUT2D eigenvalue weighted by atomic mass is 16.7. The molecule has 1 N–H and O–H groups in total. The van der Waals surface area contributed by atoms with Crippen LogP contribution in [0, 0.1) is 5.92 Å². The van der Waals surface area contributed by atoms with Gasteiger partial charge in [-0.15, -0.1) is 0 Å². The second-order valence-corrected chi connectivity index (χ2v) is 6.44. The molecular weight excluding hydrogens is 308 g/mol. The largest absolute Gasteiger partial charge is 0.493 e. The van der Waals surface area contributed by atoms with Crippen molar-refractivity contribution in [3.63, 3.8) is 0 Å². The van der Waals surface area contributed by atoms with E-state index < -0.39 is 0 Å². The summed E-state index contributed by atoms with van der Waals surface area (Å²) in [7, 11) is 1.64. The number of hydrogen-bond acceptors (Lipinski definition) is 5. The standard InChI is InChI=1S/C18H26N2O4/c1-4-14-10-20(12(2)21)6-5-15(14)19-9-13-7-16(22-3)18-17(8-13)23-11-24-18/h7-8,14-15,19H,4-6,9-11H2,1-3H3/t14-,15-/m1/s1. The third-order valence-electron chi connectivity index (χ3n) is 4.99. The van der Waals surface area contributed by atoms with Gasteiger partial charge in [0.2, 0.25) is 18.4 Å². The van der Waals surface area contributed by atoms with Gasteiger partial charge < -0.3 is 24.4 Å². The van der Waals surface area contributed by atoms with Crippen LogP contribution in [0.1, 0.15) is 32.3 Å². The van der Waals surface area contributed by atoms with Crippen LogP contribution in [0.2, 0.25) is 0 Å². The Morgan fingerprint density at radius 3 is 2.96 bits per heavy atom. The van der Waals surface area contributed by atoms with Crippen molar-refractivity contribution in [2.45, 2.75) is 39.3 Å². The summed E-state index contributed by atoms with van der Waals surface area (Å²) in [5.41, 5.74) is 1.11. The molecule has 1 aromatic rings. The van der Waals surface area contributed by atoms with Gasteiger partial charge in [0, 0.05) is 32.6 Å². The Hall–Kier alpha value is -1.95. The summed E-state index contributed by atoms with van der Waals surface area (Å²) in [5, 5.41) is 3.65. The van der Waals surface area contributed by atoms with Crippen LogP contribution in [0.25, 0.3) is 0 Å². The fourth-order valence-electron chi connectivity index (χ4n) is 3.54. The molecule has 24 heavy (non-hydrogen) atoms. The van der Waals surface area contributed by atoms with Crippen molar-refractivity contribution in [3.05, 3.63) is 17.7 Å². The molecule has 0 bridgehead atoms. The molecular formula is C18H26N2O4. The number of likely N-dealkylation sites (tertiary alicyclic amines) is 1. The zero-order chi connectivity index (χ0) is 17.1. The number of piperidine rings is 1. The Morgan fingerprint density at radius 1 is 1.42 bits per heavy atom. The third kappa shape index (κ3) is 3.43. The molecule has 1 aromatic carbocycles. The van der Waals surface area contributed by atoms with Crippen molar-refractivity contribution >= 4 is 5.91 Å². The number of carbonyl (C=O) groups is 1. The van der Waals surface area contributed by atoms with Crippen molar-refractivity contribution in [2.24, 2.45) is 5.92 Å². The van der Waals surface area contributed by atoms with Crippen molar-refractivity contribution in [1.29, 1.82) is 0 Å². The monoisotopic (exact) mass is 334 g/mol. The first kappa shape index (κ1) is 16.9. The zero-order valence-corrected chi connectivity index (χ0v) is 14.6. The lowest BCUT2D eigenvalue weighted by Crippen LogP contribution is -2.50. The van der Waals surface area contributed by atoms with Gasteiger partial charge in [0.05, 0.1) is 7.11 Å². The number of nitrogens with one attached hydrogen (secondary N) is 1. The van der Waals surface area contributed by atoms with Crippen LogP contribution in [0.3, 0.4) is 0 Å². The topological polar surface area (TPSA) is 60.0 Å². The maximum atomic E-state index is 11.6. The lowest BCUT2D eigenvalue weighted by atomic mass is 9.89. The van der Waals surface area contributed by atoms with E-state index in [-0.39, 0.29) is 12.7 Å². The first-order chi connectivity index (χ1) is 11.6. The number of amides is 1. The predicted molar refractivity (Wildman–Crippen MR) is 90.4 cm³/mol. The number of hydrogen-bond donors (Lipinski definition) is 1. The van der Waals surface area contributed by atoms with Crippen molar-refractivity contribution < 1.29 is 19.0 Å². The minimum Gasteiger partial charge on any atom is -0.493 e. The summed E-state index contributed by atoms with van der Waals surface area (Å²) in [6, 6.07) is 4.41. The lowest BCUT2D eigenvalue weighted by molar-refractivity contribution is -0.131. The molecule has 0 saturated carbocycles. The van der Waals surface area contributed by atoms with E-state index in [1.54, 1.807) is 14.0 Å². The molecule has 2 aliphatic heterocycles. The summed E-state index contributed by atoms with van der Waals surface area (Å²) in [4.78, 5) is 13.5. The molecule has 1 amide bonds. The first-order valence-corrected chi connectivity index (χ1v) is 8.57. The van der Waals surface area contributed by atoms with E-state index in [2.05, 4.69) is 12.2 Å². The van der Waals surface area contributed by atoms with Crippen LogP contribution >= 0.6 is 0 Å². The molecule has 0 spiro atoms. The number of nitrogens with zero attached hydrogens (tertiary/aromatic N) is 1. The van der Waals surface area contributed by atoms with Crippen LogP contribution < -0.4 is 19.5 Å². The molecule has 1 fully saturated rings. The summed E-state index contributed by atoms with van der Waals surface area (Å²) in [6.45, 7) is 6.49. The number of fused-ring (bicyclic) bond motifs is 1. The average molecular weight is 334 g/mol. The van der Waals surface area contributed by atoms with E-state index in [1.807, 2.05) is 17.0 Å².